The van der Waals surface area contributed by atoms with E-state index in [9.17, 15) is 9.59 Å². The van der Waals surface area contributed by atoms with E-state index in [1.54, 1.807) is 0 Å². The van der Waals surface area contributed by atoms with E-state index in [1.165, 1.54) is 154 Å². The average molecular weight is 858 g/mol. The van der Waals surface area contributed by atoms with E-state index in [4.69, 9.17) is 9.47 Å². The lowest BCUT2D eigenvalue weighted by Crippen LogP contribution is -2.28. The summed E-state index contributed by atoms with van der Waals surface area (Å²) in [6.07, 6.45) is 50.4. The number of rotatable bonds is 48. The van der Waals surface area contributed by atoms with Crippen LogP contribution in [-0.4, -0.2) is 59.2 Å². The van der Waals surface area contributed by atoms with Gasteiger partial charge < -0.3 is 18.9 Å². The number of hydrogen-bond acceptors (Lipinski definition) is 6. The molecular weight excluding hydrogens is 755 g/mol. The third-order valence-corrected chi connectivity index (χ3v) is 13.0. The molecule has 0 aliphatic heterocycles. The molecule has 7 heteroatoms. The lowest BCUT2D eigenvalue weighted by Gasteiger charge is -2.22. The summed E-state index contributed by atoms with van der Waals surface area (Å²) in [5.74, 6) is 0.325. The van der Waals surface area contributed by atoms with E-state index < -0.39 is 0 Å². The molecule has 7 nitrogen and oxygen atoms in total. The highest BCUT2D eigenvalue weighted by Crippen LogP contribution is 2.23. The summed E-state index contributed by atoms with van der Waals surface area (Å²) in [4.78, 5) is 33.2. The summed E-state index contributed by atoms with van der Waals surface area (Å²) in [5, 5.41) is 0. The number of carbonyl (C=O) groups excluding carboxylic acids is 2. The largest absolute Gasteiger partial charge is 0.465 e. The second-order valence-corrected chi connectivity index (χ2v) is 18.8. The zero-order valence-electron chi connectivity index (χ0n) is 41.3. The van der Waals surface area contributed by atoms with Crippen LogP contribution in [0, 0.1) is 11.8 Å². The molecule has 0 amide bonds. The van der Waals surface area contributed by atoms with Crippen molar-refractivity contribution in [3.8, 4) is 0 Å². The molecule has 0 aliphatic carbocycles. The standard InChI is InChI=1S/C54H103N3O4/c1-5-9-13-17-21-29-38-51(39-30-22-18-14-10-6-2)53(58)60-48-35-27-25-33-43-56(45-37-46-57-47-42-55-50-57)44-34-26-28-36-49-61-54(59)52(40-31-23-19-15-11-7-3)41-32-24-20-16-12-8-4/h42,47,50-52H,5-41,43-46,48-49H2,1-4H3. The number of imidazole rings is 1. The van der Waals surface area contributed by atoms with Crippen LogP contribution in [0.2, 0.25) is 0 Å². The van der Waals surface area contributed by atoms with Crippen molar-refractivity contribution in [1.82, 2.24) is 14.5 Å². The van der Waals surface area contributed by atoms with Gasteiger partial charge in [-0.15, -0.1) is 0 Å². The molecule has 1 rings (SSSR count). The van der Waals surface area contributed by atoms with E-state index >= 15 is 0 Å². The fourth-order valence-corrected chi connectivity index (χ4v) is 8.84. The Morgan fingerprint density at radius 3 is 1.13 bits per heavy atom. The molecule has 1 aromatic rings. The molecule has 0 bridgehead atoms. The van der Waals surface area contributed by atoms with E-state index in [1.807, 2.05) is 12.5 Å². The number of hydrogen-bond donors (Lipinski definition) is 0. The van der Waals surface area contributed by atoms with Gasteiger partial charge in [0.2, 0.25) is 0 Å². The molecule has 0 spiro atoms. The molecule has 1 aromatic heterocycles. The van der Waals surface area contributed by atoms with E-state index in [0.717, 1.165) is 110 Å². The monoisotopic (exact) mass is 858 g/mol. The molecule has 0 unspecified atom stereocenters. The quantitative estimate of drug-likeness (QED) is 0.0480. The zero-order valence-corrected chi connectivity index (χ0v) is 41.3. The van der Waals surface area contributed by atoms with Crippen LogP contribution in [0.25, 0.3) is 0 Å². The summed E-state index contributed by atoms with van der Waals surface area (Å²) >= 11 is 0. The Labute approximate surface area is 379 Å². The maximum atomic E-state index is 13.2. The number of unbranched alkanes of at least 4 members (excludes halogenated alkanes) is 26. The third-order valence-electron chi connectivity index (χ3n) is 13.0. The molecule has 0 fully saturated rings. The van der Waals surface area contributed by atoms with Gasteiger partial charge in [0.05, 0.1) is 31.4 Å². The van der Waals surface area contributed by atoms with Gasteiger partial charge in [0.25, 0.3) is 0 Å². The van der Waals surface area contributed by atoms with Gasteiger partial charge in [-0.3, -0.25) is 9.59 Å². The molecule has 0 aliphatic rings. The van der Waals surface area contributed by atoms with Crippen LogP contribution in [0.5, 0.6) is 0 Å². The first kappa shape index (κ1) is 57.1. The SMILES string of the molecule is CCCCCCCCC(CCCCCCCC)C(=O)OCCCCCCN(CCCCCCOC(=O)C(CCCCCCCC)CCCCCCCC)CCCn1ccnc1. The molecule has 0 radical (unpaired) electrons. The number of ether oxygens (including phenoxy) is 2. The van der Waals surface area contributed by atoms with Crippen LogP contribution < -0.4 is 0 Å². The second kappa shape index (κ2) is 44.7. The first-order valence-corrected chi connectivity index (χ1v) is 27.1. The summed E-state index contributed by atoms with van der Waals surface area (Å²) in [5.41, 5.74) is 0. The Morgan fingerprint density at radius 1 is 0.443 bits per heavy atom. The number of aromatic nitrogens is 2. The van der Waals surface area contributed by atoms with Gasteiger partial charge in [0.15, 0.2) is 0 Å². The third kappa shape index (κ3) is 36.2. The maximum Gasteiger partial charge on any atom is 0.308 e. The highest BCUT2D eigenvalue weighted by Gasteiger charge is 2.20. The number of aryl methyl sites for hydroxylation is 1. The van der Waals surface area contributed by atoms with Crippen LogP contribution in [0.3, 0.4) is 0 Å². The summed E-state index contributed by atoms with van der Waals surface area (Å²) < 4.78 is 14.0. The topological polar surface area (TPSA) is 73.7 Å². The highest BCUT2D eigenvalue weighted by molar-refractivity contribution is 5.72. The molecule has 0 saturated carbocycles. The minimum atomic E-state index is 0.0699. The average Bonchev–Trinajstić information content (AvgIpc) is 3.79. The molecule has 0 atom stereocenters. The van der Waals surface area contributed by atoms with E-state index in [-0.39, 0.29) is 23.8 Å². The smallest absolute Gasteiger partial charge is 0.308 e. The second-order valence-electron chi connectivity index (χ2n) is 18.8. The summed E-state index contributed by atoms with van der Waals surface area (Å²) in [6, 6.07) is 0. The van der Waals surface area contributed by atoms with Crippen LogP contribution in [0.4, 0.5) is 0 Å². The Kier molecular flexibility index (Phi) is 41.9. The molecule has 358 valence electrons. The van der Waals surface area contributed by atoms with Crippen molar-refractivity contribution in [3.05, 3.63) is 18.7 Å². The van der Waals surface area contributed by atoms with Gasteiger partial charge in [-0.25, -0.2) is 4.98 Å². The van der Waals surface area contributed by atoms with Crippen LogP contribution in [-0.2, 0) is 25.6 Å². The molecule has 61 heavy (non-hydrogen) atoms. The normalized spacial score (nSPS) is 11.7. The van der Waals surface area contributed by atoms with Crippen molar-refractivity contribution < 1.29 is 19.1 Å². The molecule has 0 aromatic carbocycles. The van der Waals surface area contributed by atoms with Crippen molar-refractivity contribution >= 4 is 11.9 Å². The van der Waals surface area contributed by atoms with Gasteiger partial charge in [-0.05, 0) is 77.4 Å². The van der Waals surface area contributed by atoms with Crippen LogP contribution >= 0.6 is 0 Å². The van der Waals surface area contributed by atoms with Crippen molar-refractivity contribution in [2.45, 2.75) is 272 Å². The molecule has 1 heterocycles. The van der Waals surface area contributed by atoms with Crippen LogP contribution in [0.15, 0.2) is 18.7 Å². The Hall–Kier alpha value is -1.89. The van der Waals surface area contributed by atoms with E-state index in [2.05, 4.69) is 48.3 Å². The van der Waals surface area contributed by atoms with Crippen molar-refractivity contribution in [3.63, 3.8) is 0 Å². The lowest BCUT2D eigenvalue weighted by molar-refractivity contribution is -0.150. The number of esters is 2. The van der Waals surface area contributed by atoms with Crippen molar-refractivity contribution in [1.29, 1.82) is 0 Å². The van der Waals surface area contributed by atoms with Crippen molar-refractivity contribution in [2.24, 2.45) is 11.8 Å². The Bertz CT molecular complexity index is 955. The molecular formula is C54H103N3O4. The zero-order chi connectivity index (χ0) is 44.1. The van der Waals surface area contributed by atoms with Gasteiger partial charge >= 0.3 is 11.9 Å². The first-order chi connectivity index (χ1) is 30.0. The highest BCUT2D eigenvalue weighted by atomic mass is 16.5. The maximum absolute atomic E-state index is 13.2. The van der Waals surface area contributed by atoms with Crippen LogP contribution in [0.1, 0.15) is 265 Å². The predicted molar refractivity (Wildman–Crippen MR) is 261 cm³/mol. The van der Waals surface area contributed by atoms with Gasteiger partial charge in [0, 0.05) is 18.9 Å². The summed E-state index contributed by atoms with van der Waals surface area (Å²) in [7, 11) is 0. The first-order valence-electron chi connectivity index (χ1n) is 27.1. The fourth-order valence-electron chi connectivity index (χ4n) is 8.84. The summed E-state index contributed by atoms with van der Waals surface area (Å²) in [6.45, 7) is 14.6. The molecule has 0 saturated heterocycles. The van der Waals surface area contributed by atoms with E-state index in [0.29, 0.717) is 13.2 Å². The van der Waals surface area contributed by atoms with Gasteiger partial charge in [0.1, 0.15) is 0 Å². The lowest BCUT2D eigenvalue weighted by atomic mass is 9.94. The molecule has 0 N–H and O–H groups in total. The fraction of sp³-hybridized carbons (Fsp3) is 0.907. The Morgan fingerprint density at radius 2 is 0.770 bits per heavy atom. The Balaban J connectivity index is 2.41. The minimum Gasteiger partial charge on any atom is -0.465 e. The van der Waals surface area contributed by atoms with Gasteiger partial charge in [-0.2, -0.15) is 0 Å². The predicted octanol–water partition coefficient (Wildman–Crippen LogP) is 16.0. The number of carbonyl (C=O) groups is 2. The van der Waals surface area contributed by atoms with Gasteiger partial charge in [-0.1, -0.05) is 207 Å². The minimum absolute atomic E-state index is 0.0699. The van der Waals surface area contributed by atoms with Crippen molar-refractivity contribution in [2.75, 3.05) is 32.8 Å². The number of nitrogens with zero attached hydrogens (tertiary/aromatic N) is 3.